The van der Waals surface area contributed by atoms with Crippen LogP contribution in [0.15, 0.2) is 18.2 Å². The van der Waals surface area contributed by atoms with Crippen LogP contribution in [-0.2, 0) is 9.59 Å². The number of nitrogens with zero attached hydrogens (tertiary/aromatic N) is 1. The fraction of sp³-hybridized carbons (Fsp3) is 0.619. The summed E-state index contributed by atoms with van der Waals surface area (Å²) in [6.45, 7) is 4.96. The molecule has 1 aliphatic heterocycles. The largest absolute Gasteiger partial charge is 0.491 e. The summed E-state index contributed by atoms with van der Waals surface area (Å²) in [6, 6.07) is 5.69. The molecule has 0 bridgehead atoms. The summed E-state index contributed by atoms with van der Waals surface area (Å²) in [7, 11) is 0. The molecule has 0 spiro atoms. The summed E-state index contributed by atoms with van der Waals surface area (Å²) in [4.78, 5) is 25.9. The number of amides is 1. The molecule has 0 aromatic heterocycles. The molecule has 1 aliphatic carbocycles. The lowest BCUT2D eigenvalue weighted by Crippen LogP contribution is -2.48. The second kappa shape index (κ2) is 8.74. The third-order valence-electron chi connectivity index (χ3n) is 5.91. The summed E-state index contributed by atoms with van der Waals surface area (Å²) in [6.07, 6.45) is 5.04. The van der Waals surface area contributed by atoms with Crippen LogP contribution in [0.3, 0.4) is 0 Å². The molecule has 6 heteroatoms. The van der Waals surface area contributed by atoms with Crippen molar-refractivity contribution < 1.29 is 19.4 Å². The van der Waals surface area contributed by atoms with E-state index in [1.807, 2.05) is 36.9 Å². The first-order chi connectivity index (χ1) is 13.0. The molecule has 1 amide bonds. The van der Waals surface area contributed by atoms with E-state index < -0.39 is 12.0 Å². The molecule has 148 valence electrons. The fourth-order valence-electron chi connectivity index (χ4n) is 4.62. The molecule has 3 atom stereocenters. The van der Waals surface area contributed by atoms with Gasteiger partial charge in [0.05, 0.1) is 13.1 Å². The number of benzene rings is 1. The Kier molecular flexibility index (Phi) is 6.37. The van der Waals surface area contributed by atoms with Gasteiger partial charge in [-0.05, 0) is 50.2 Å². The molecule has 3 rings (SSSR count). The Morgan fingerprint density at radius 2 is 1.93 bits per heavy atom. The lowest BCUT2D eigenvalue weighted by Gasteiger charge is -2.32. The highest BCUT2D eigenvalue weighted by atomic mass is 16.5. The number of carboxylic acid groups (broad SMARTS) is 1. The Morgan fingerprint density at radius 3 is 2.63 bits per heavy atom. The van der Waals surface area contributed by atoms with Crippen LogP contribution in [0.5, 0.6) is 5.75 Å². The first-order valence-electron chi connectivity index (χ1n) is 9.91. The number of aryl methyl sites for hydroxylation is 2. The van der Waals surface area contributed by atoms with E-state index in [1.54, 1.807) is 0 Å². The number of hydrogen-bond acceptors (Lipinski definition) is 4. The van der Waals surface area contributed by atoms with Gasteiger partial charge in [-0.3, -0.25) is 14.5 Å². The van der Waals surface area contributed by atoms with Gasteiger partial charge in [0.1, 0.15) is 18.4 Å². The Bertz CT molecular complexity index is 671. The van der Waals surface area contributed by atoms with E-state index in [4.69, 9.17) is 4.74 Å². The topological polar surface area (TPSA) is 78.9 Å². The minimum absolute atomic E-state index is 0.127. The summed E-state index contributed by atoms with van der Waals surface area (Å²) in [5.74, 6) is 0.343. The Labute approximate surface area is 160 Å². The van der Waals surface area contributed by atoms with Crippen LogP contribution in [0.4, 0.5) is 0 Å². The van der Waals surface area contributed by atoms with E-state index in [2.05, 4.69) is 5.32 Å². The number of aliphatic carboxylic acids is 1. The smallest absolute Gasteiger partial charge is 0.320 e. The van der Waals surface area contributed by atoms with Crippen LogP contribution >= 0.6 is 0 Å². The van der Waals surface area contributed by atoms with Crippen molar-refractivity contribution in [1.29, 1.82) is 0 Å². The number of nitrogens with one attached hydrogen (secondary N) is 1. The van der Waals surface area contributed by atoms with Gasteiger partial charge >= 0.3 is 5.97 Å². The molecule has 2 fully saturated rings. The highest BCUT2D eigenvalue weighted by molar-refractivity contribution is 5.80. The third kappa shape index (κ3) is 4.61. The van der Waals surface area contributed by atoms with E-state index in [1.165, 1.54) is 6.42 Å². The number of fused-ring (bicyclic) bond motifs is 1. The minimum Gasteiger partial charge on any atom is -0.491 e. The SMILES string of the molecule is Cc1cccc(C)c1OCCNC(=O)CN1C(C(=O)O)CC2CCCCC21. The van der Waals surface area contributed by atoms with Crippen LogP contribution < -0.4 is 10.1 Å². The first kappa shape index (κ1) is 19.7. The van der Waals surface area contributed by atoms with Crippen LogP contribution in [-0.4, -0.2) is 53.7 Å². The monoisotopic (exact) mass is 374 g/mol. The number of carboxylic acids is 1. The van der Waals surface area contributed by atoms with E-state index in [0.29, 0.717) is 25.5 Å². The maximum atomic E-state index is 12.4. The number of ether oxygens (including phenoxy) is 1. The van der Waals surface area contributed by atoms with Crippen molar-refractivity contribution in [3.05, 3.63) is 29.3 Å². The molecular weight excluding hydrogens is 344 g/mol. The summed E-state index contributed by atoms with van der Waals surface area (Å²) >= 11 is 0. The van der Waals surface area contributed by atoms with Crippen LogP contribution in [0.25, 0.3) is 0 Å². The van der Waals surface area contributed by atoms with Gasteiger partial charge in [0.25, 0.3) is 0 Å². The molecule has 27 heavy (non-hydrogen) atoms. The van der Waals surface area contributed by atoms with E-state index >= 15 is 0 Å². The van der Waals surface area contributed by atoms with Gasteiger partial charge in [0.2, 0.25) is 5.91 Å². The van der Waals surface area contributed by atoms with Crippen molar-refractivity contribution in [2.45, 2.75) is 58.0 Å². The van der Waals surface area contributed by atoms with Crippen molar-refractivity contribution in [1.82, 2.24) is 10.2 Å². The average molecular weight is 374 g/mol. The van der Waals surface area contributed by atoms with Gasteiger partial charge in [-0.2, -0.15) is 0 Å². The van der Waals surface area contributed by atoms with Crippen molar-refractivity contribution in [3.8, 4) is 5.75 Å². The molecule has 1 aromatic rings. The normalized spacial score (nSPS) is 25.0. The molecule has 6 nitrogen and oxygen atoms in total. The lowest BCUT2D eigenvalue weighted by atomic mass is 9.85. The quantitative estimate of drug-likeness (QED) is 0.717. The minimum atomic E-state index is -0.810. The Hall–Kier alpha value is -2.08. The zero-order valence-corrected chi connectivity index (χ0v) is 16.2. The highest BCUT2D eigenvalue weighted by Gasteiger charge is 2.45. The van der Waals surface area contributed by atoms with Crippen molar-refractivity contribution in [2.24, 2.45) is 5.92 Å². The molecular formula is C21H30N2O4. The predicted octanol–water partition coefficient (Wildman–Crippen LogP) is 2.52. The summed E-state index contributed by atoms with van der Waals surface area (Å²) < 4.78 is 5.81. The third-order valence-corrected chi connectivity index (χ3v) is 5.91. The first-order valence-corrected chi connectivity index (χ1v) is 9.91. The molecule has 1 heterocycles. The van der Waals surface area contributed by atoms with Gasteiger partial charge in [-0.25, -0.2) is 0 Å². The average Bonchev–Trinajstić information content (AvgIpc) is 2.99. The van der Waals surface area contributed by atoms with E-state index in [0.717, 1.165) is 36.1 Å². The predicted molar refractivity (Wildman–Crippen MR) is 103 cm³/mol. The molecule has 1 aromatic carbocycles. The fourth-order valence-corrected chi connectivity index (χ4v) is 4.62. The highest BCUT2D eigenvalue weighted by Crippen LogP contribution is 2.39. The number of hydrogen-bond donors (Lipinski definition) is 2. The molecule has 3 unspecified atom stereocenters. The van der Waals surface area contributed by atoms with Crippen LogP contribution in [0.1, 0.15) is 43.2 Å². The van der Waals surface area contributed by atoms with Crippen LogP contribution in [0, 0.1) is 19.8 Å². The number of carbonyl (C=O) groups excluding carboxylic acids is 1. The van der Waals surface area contributed by atoms with Crippen molar-refractivity contribution in [2.75, 3.05) is 19.7 Å². The second-order valence-corrected chi connectivity index (χ2v) is 7.79. The maximum Gasteiger partial charge on any atom is 0.320 e. The second-order valence-electron chi connectivity index (χ2n) is 7.79. The number of carbonyl (C=O) groups is 2. The van der Waals surface area contributed by atoms with Crippen molar-refractivity contribution in [3.63, 3.8) is 0 Å². The Morgan fingerprint density at radius 1 is 1.22 bits per heavy atom. The van der Waals surface area contributed by atoms with Gasteiger partial charge in [-0.15, -0.1) is 0 Å². The van der Waals surface area contributed by atoms with Gasteiger partial charge in [-0.1, -0.05) is 31.0 Å². The Balaban J connectivity index is 1.49. The zero-order valence-electron chi connectivity index (χ0n) is 16.2. The molecule has 2 N–H and O–H groups in total. The van der Waals surface area contributed by atoms with Gasteiger partial charge in [0, 0.05) is 6.04 Å². The zero-order chi connectivity index (χ0) is 19.4. The van der Waals surface area contributed by atoms with Gasteiger partial charge < -0.3 is 15.2 Å². The lowest BCUT2D eigenvalue weighted by molar-refractivity contribution is -0.143. The molecule has 1 saturated heterocycles. The standard InChI is InChI=1S/C21H30N2O4/c1-14-6-5-7-15(2)20(14)27-11-10-22-19(24)13-23-17-9-4-3-8-16(17)12-18(23)21(25)26/h5-7,16-18H,3-4,8-13H2,1-2H3,(H,22,24)(H,25,26). The number of likely N-dealkylation sites (tertiary alicyclic amines) is 1. The van der Waals surface area contributed by atoms with E-state index in [-0.39, 0.29) is 18.5 Å². The molecule has 2 aliphatic rings. The summed E-state index contributed by atoms with van der Waals surface area (Å²) in [5.41, 5.74) is 2.15. The number of para-hydroxylation sites is 1. The van der Waals surface area contributed by atoms with E-state index in [9.17, 15) is 14.7 Å². The molecule has 0 radical (unpaired) electrons. The van der Waals surface area contributed by atoms with Crippen LogP contribution in [0.2, 0.25) is 0 Å². The summed E-state index contributed by atoms with van der Waals surface area (Å²) in [5, 5.41) is 12.4. The maximum absolute atomic E-state index is 12.4. The van der Waals surface area contributed by atoms with Gasteiger partial charge in [0.15, 0.2) is 0 Å². The van der Waals surface area contributed by atoms with Crippen molar-refractivity contribution >= 4 is 11.9 Å². The number of rotatable bonds is 7. The molecule has 1 saturated carbocycles.